The summed E-state index contributed by atoms with van der Waals surface area (Å²) in [5.41, 5.74) is 1.25. The van der Waals surface area contributed by atoms with Crippen LogP contribution in [0.5, 0.6) is 0 Å². The summed E-state index contributed by atoms with van der Waals surface area (Å²) in [6, 6.07) is 10.6. The Kier molecular flexibility index (Phi) is 5.23. The van der Waals surface area contributed by atoms with Gasteiger partial charge in [-0.25, -0.2) is 4.98 Å². The van der Waals surface area contributed by atoms with Crippen molar-refractivity contribution in [2.45, 2.75) is 6.92 Å². The van der Waals surface area contributed by atoms with E-state index in [1.807, 2.05) is 6.92 Å². The van der Waals surface area contributed by atoms with E-state index in [1.165, 1.54) is 11.3 Å². The molecule has 0 spiro atoms. The highest BCUT2D eigenvalue weighted by atomic mass is 32.1. The molecule has 2 amide bonds. The van der Waals surface area contributed by atoms with Gasteiger partial charge in [-0.15, -0.1) is 11.3 Å². The van der Waals surface area contributed by atoms with Gasteiger partial charge < -0.3 is 19.4 Å². The van der Waals surface area contributed by atoms with Gasteiger partial charge in [0.1, 0.15) is 5.69 Å². The molecular formula is C20H19N3O4S. The van der Waals surface area contributed by atoms with Gasteiger partial charge in [0.25, 0.3) is 11.8 Å². The number of nitrogens with one attached hydrogen (secondary N) is 1. The highest BCUT2D eigenvalue weighted by Crippen LogP contribution is 2.28. The van der Waals surface area contributed by atoms with E-state index in [-0.39, 0.29) is 11.8 Å². The predicted octanol–water partition coefficient (Wildman–Crippen LogP) is 3.44. The maximum absolute atomic E-state index is 12.9. The quantitative estimate of drug-likeness (QED) is 0.729. The molecule has 2 aromatic heterocycles. The molecule has 1 aliphatic rings. The summed E-state index contributed by atoms with van der Waals surface area (Å²) in [4.78, 5) is 32.6. The first-order valence-electron chi connectivity index (χ1n) is 8.92. The van der Waals surface area contributed by atoms with E-state index in [1.54, 1.807) is 47.6 Å². The topological polar surface area (TPSA) is 84.7 Å². The molecule has 1 fully saturated rings. The number of anilines is 1. The number of furan rings is 1. The fraction of sp³-hybridized carbons (Fsp3) is 0.250. The first-order valence-corrected chi connectivity index (χ1v) is 9.74. The fourth-order valence-electron chi connectivity index (χ4n) is 3.01. The normalized spacial score (nSPS) is 14.1. The molecule has 0 unspecified atom stereocenters. The summed E-state index contributed by atoms with van der Waals surface area (Å²) in [6.07, 6.45) is 1.57. The molecule has 28 heavy (non-hydrogen) atoms. The molecule has 0 aliphatic carbocycles. The van der Waals surface area contributed by atoms with Crippen molar-refractivity contribution < 1.29 is 18.7 Å². The van der Waals surface area contributed by atoms with Crippen LogP contribution in [0.4, 0.5) is 5.69 Å². The molecule has 1 aliphatic heterocycles. The van der Waals surface area contributed by atoms with Gasteiger partial charge in [-0.3, -0.25) is 9.59 Å². The number of aromatic nitrogens is 1. The van der Waals surface area contributed by atoms with Crippen molar-refractivity contribution in [2.75, 3.05) is 31.6 Å². The van der Waals surface area contributed by atoms with E-state index in [4.69, 9.17) is 9.15 Å². The third-order valence-corrected chi connectivity index (χ3v) is 5.43. The number of hydrogen-bond donors (Lipinski definition) is 1. The van der Waals surface area contributed by atoms with E-state index in [9.17, 15) is 9.59 Å². The predicted molar refractivity (Wildman–Crippen MR) is 106 cm³/mol. The molecule has 144 valence electrons. The van der Waals surface area contributed by atoms with Crippen LogP contribution in [-0.4, -0.2) is 48.0 Å². The Bertz CT molecular complexity index is 991. The molecule has 0 radical (unpaired) electrons. The van der Waals surface area contributed by atoms with E-state index in [2.05, 4.69) is 10.3 Å². The Balaban J connectivity index is 1.56. The number of hydrogen-bond acceptors (Lipinski definition) is 6. The van der Waals surface area contributed by atoms with Gasteiger partial charge in [0.2, 0.25) is 0 Å². The third kappa shape index (κ3) is 3.69. The molecule has 0 bridgehead atoms. The molecule has 0 saturated carbocycles. The summed E-state index contributed by atoms with van der Waals surface area (Å²) in [6.45, 7) is 3.96. The highest BCUT2D eigenvalue weighted by Gasteiger charge is 2.23. The van der Waals surface area contributed by atoms with Crippen LogP contribution < -0.4 is 5.32 Å². The molecule has 1 aromatic carbocycles. The Morgan fingerprint density at radius 1 is 1.14 bits per heavy atom. The zero-order chi connectivity index (χ0) is 19.5. The summed E-state index contributed by atoms with van der Waals surface area (Å²) in [5.74, 6) is 0.148. The minimum atomic E-state index is -0.353. The zero-order valence-electron chi connectivity index (χ0n) is 15.3. The largest absolute Gasteiger partial charge is 0.462 e. The molecule has 1 N–H and O–H groups in total. The van der Waals surface area contributed by atoms with Crippen LogP contribution in [0.1, 0.15) is 25.7 Å². The van der Waals surface area contributed by atoms with Crippen LogP contribution >= 0.6 is 11.3 Å². The van der Waals surface area contributed by atoms with Crippen molar-refractivity contribution >= 4 is 28.8 Å². The lowest BCUT2D eigenvalue weighted by atomic mass is 10.1. The number of rotatable bonds is 4. The number of carbonyl (C=O) groups is 2. The molecule has 3 aromatic rings. The van der Waals surface area contributed by atoms with Gasteiger partial charge in [0, 0.05) is 18.0 Å². The second kappa shape index (κ2) is 7.95. The van der Waals surface area contributed by atoms with Crippen molar-refractivity contribution in [3.63, 3.8) is 0 Å². The van der Waals surface area contributed by atoms with Crippen molar-refractivity contribution in [2.24, 2.45) is 0 Å². The number of nitrogens with zero attached hydrogens (tertiary/aromatic N) is 2. The van der Waals surface area contributed by atoms with E-state index >= 15 is 0 Å². The van der Waals surface area contributed by atoms with Crippen molar-refractivity contribution in [1.82, 2.24) is 9.88 Å². The fourth-order valence-corrected chi connectivity index (χ4v) is 3.89. The summed E-state index contributed by atoms with van der Waals surface area (Å²) >= 11 is 1.39. The molecule has 4 rings (SSSR count). The number of aryl methyl sites for hydroxylation is 1. The van der Waals surface area contributed by atoms with Crippen molar-refractivity contribution in [3.8, 4) is 10.8 Å². The Morgan fingerprint density at radius 2 is 1.93 bits per heavy atom. The Morgan fingerprint density at radius 3 is 2.68 bits per heavy atom. The van der Waals surface area contributed by atoms with E-state index in [0.717, 1.165) is 4.88 Å². The van der Waals surface area contributed by atoms with Crippen LogP contribution in [0.25, 0.3) is 10.8 Å². The third-order valence-electron chi connectivity index (χ3n) is 4.45. The van der Waals surface area contributed by atoms with Gasteiger partial charge >= 0.3 is 0 Å². The summed E-state index contributed by atoms with van der Waals surface area (Å²) < 4.78 is 10.7. The second-order valence-corrected chi connectivity index (χ2v) is 7.51. The average molecular weight is 397 g/mol. The number of benzene rings is 1. The number of thiazole rings is 1. The van der Waals surface area contributed by atoms with E-state index in [0.29, 0.717) is 54.0 Å². The molecule has 0 atom stereocenters. The summed E-state index contributed by atoms with van der Waals surface area (Å²) in [7, 11) is 0. The molecule has 8 heteroatoms. The lowest BCUT2D eigenvalue weighted by molar-refractivity contribution is 0.0303. The molecule has 7 nitrogen and oxygen atoms in total. The van der Waals surface area contributed by atoms with Crippen molar-refractivity contribution in [3.05, 3.63) is 58.8 Å². The number of carbonyl (C=O) groups excluding carboxylic acids is 2. The second-order valence-electron chi connectivity index (χ2n) is 6.31. The molecule has 3 heterocycles. The van der Waals surface area contributed by atoms with Crippen LogP contribution in [0.15, 0.2) is 47.1 Å². The first kappa shape index (κ1) is 18.4. The van der Waals surface area contributed by atoms with E-state index < -0.39 is 0 Å². The lowest BCUT2D eigenvalue weighted by Crippen LogP contribution is -2.41. The van der Waals surface area contributed by atoms with Gasteiger partial charge in [0.05, 0.1) is 30.7 Å². The smallest absolute Gasteiger partial charge is 0.275 e. The van der Waals surface area contributed by atoms with Crippen LogP contribution in [0.2, 0.25) is 0 Å². The SMILES string of the molecule is Cc1sc(-c2ccco2)nc1C(=O)Nc1ccccc1C(=O)N1CCOCC1. The standard InChI is InChI=1S/C20H19N3O4S/c1-13-17(22-19(28-13)16-7-4-10-27-16)18(24)21-15-6-3-2-5-14(15)20(25)23-8-11-26-12-9-23/h2-7,10H,8-9,11-12H2,1H3,(H,21,24). The number of amides is 2. The van der Waals surface area contributed by atoms with Gasteiger partial charge in [-0.05, 0) is 31.2 Å². The minimum Gasteiger partial charge on any atom is -0.462 e. The van der Waals surface area contributed by atoms with Crippen LogP contribution in [0, 0.1) is 6.92 Å². The van der Waals surface area contributed by atoms with Gasteiger partial charge in [-0.1, -0.05) is 12.1 Å². The highest BCUT2D eigenvalue weighted by molar-refractivity contribution is 7.15. The first-order chi connectivity index (χ1) is 13.6. The minimum absolute atomic E-state index is 0.120. The maximum Gasteiger partial charge on any atom is 0.275 e. The zero-order valence-corrected chi connectivity index (χ0v) is 16.1. The Hall–Kier alpha value is -2.97. The molecular weight excluding hydrogens is 378 g/mol. The Labute approximate surface area is 165 Å². The van der Waals surface area contributed by atoms with Gasteiger partial charge in [-0.2, -0.15) is 0 Å². The lowest BCUT2D eigenvalue weighted by Gasteiger charge is -2.27. The van der Waals surface area contributed by atoms with Gasteiger partial charge in [0.15, 0.2) is 10.8 Å². The summed E-state index contributed by atoms with van der Waals surface area (Å²) in [5, 5.41) is 3.49. The van der Waals surface area contributed by atoms with Crippen LogP contribution in [0.3, 0.4) is 0 Å². The maximum atomic E-state index is 12.9. The number of morpholine rings is 1. The van der Waals surface area contributed by atoms with Crippen molar-refractivity contribution in [1.29, 1.82) is 0 Å². The number of ether oxygens (including phenoxy) is 1. The molecule has 1 saturated heterocycles. The number of para-hydroxylation sites is 1. The van der Waals surface area contributed by atoms with Crippen LogP contribution in [-0.2, 0) is 4.74 Å². The monoisotopic (exact) mass is 397 g/mol. The average Bonchev–Trinajstić information content (AvgIpc) is 3.38.